The van der Waals surface area contributed by atoms with Crippen LogP contribution in [0.15, 0.2) is 36.7 Å². The molecule has 0 aliphatic rings. The van der Waals surface area contributed by atoms with Gasteiger partial charge in [-0.15, -0.1) is 0 Å². The van der Waals surface area contributed by atoms with E-state index in [1.165, 1.54) is 0 Å². The quantitative estimate of drug-likeness (QED) is 0.829. The fourth-order valence-electron chi connectivity index (χ4n) is 1.46. The highest BCUT2D eigenvalue weighted by atomic mass is 35.5. The molecule has 0 fully saturated rings. The predicted molar refractivity (Wildman–Crippen MR) is 65.3 cm³/mol. The van der Waals surface area contributed by atoms with Crippen molar-refractivity contribution in [2.24, 2.45) is 0 Å². The Balaban J connectivity index is 2.03. The maximum atomic E-state index is 5.85. The summed E-state index contributed by atoms with van der Waals surface area (Å²) in [7, 11) is 0. The first kappa shape index (κ1) is 10.9. The lowest BCUT2D eigenvalue weighted by molar-refractivity contribution is 0.858. The molecule has 0 radical (unpaired) electrons. The van der Waals surface area contributed by atoms with E-state index in [1.807, 2.05) is 24.3 Å². The van der Waals surface area contributed by atoms with Crippen molar-refractivity contribution in [3.63, 3.8) is 0 Å². The number of anilines is 1. The van der Waals surface area contributed by atoms with Gasteiger partial charge >= 0.3 is 0 Å². The van der Waals surface area contributed by atoms with Gasteiger partial charge in [0.05, 0.1) is 10.7 Å². The molecule has 82 valence electrons. The third-order valence-electron chi connectivity index (χ3n) is 2.32. The molecule has 16 heavy (non-hydrogen) atoms. The highest BCUT2D eigenvalue weighted by Gasteiger charge is 2.00. The third kappa shape index (κ3) is 2.70. The molecule has 0 saturated heterocycles. The molecule has 3 nitrogen and oxygen atoms in total. The summed E-state index contributed by atoms with van der Waals surface area (Å²) in [6.45, 7) is 0. The number of rotatable bonds is 3. The van der Waals surface area contributed by atoms with Gasteiger partial charge in [0, 0.05) is 18.8 Å². The topological polar surface area (TPSA) is 51.8 Å². The smallest absolute Gasteiger partial charge is 0.128 e. The number of nitrogen functional groups attached to an aromatic ring is 1. The molecule has 2 N–H and O–H groups in total. The molecule has 0 unspecified atom stereocenters. The summed E-state index contributed by atoms with van der Waals surface area (Å²) >= 11 is 5.85. The van der Waals surface area contributed by atoms with E-state index >= 15 is 0 Å². The van der Waals surface area contributed by atoms with Crippen molar-refractivity contribution in [2.45, 2.75) is 12.8 Å². The summed E-state index contributed by atoms with van der Waals surface area (Å²) in [4.78, 5) is 8.33. The van der Waals surface area contributed by atoms with Gasteiger partial charge in [-0.25, -0.2) is 9.97 Å². The highest BCUT2D eigenvalue weighted by molar-refractivity contribution is 6.33. The second kappa shape index (κ2) is 4.94. The molecule has 1 aromatic carbocycles. The van der Waals surface area contributed by atoms with E-state index in [9.17, 15) is 0 Å². The molecule has 0 aliphatic heterocycles. The maximum absolute atomic E-state index is 5.85. The summed E-state index contributed by atoms with van der Waals surface area (Å²) in [6.07, 6.45) is 5.17. The normalized spacial score (nSPS) is 10.3. The minimum atomic E-state index is 0.597. The van der Waals surface area contributed by atoms with E-state index in [2.05, 4.69) is 9.97 Å². The number of aromatic nitrogens is 2. The average Bonchev–Trinajstić information content (AvgIpc) is 2.32. The van der Waals surface area contributed by atoms with Crippen molar-refractivity contribution >= 4 is 17.3 Å². The zero-order valence-corrected chi connectivity index (χ0v) is 9.48. The molecule has 0 saturated carbocycles. The zero-order chi connectivity index (χ0) is 11.4. The number of aryl methyl sites for hydroxylation is 2. The van der Waals surface area contributed by atoms with Crippen LogP contribution >= 0.6 is 11.6 Å². The van der Waals surface area contributed by atoms with Crippen LogP contribution < -0.4 is 5.73 Å². The molecule has 0 bridgehead atoms. The number of hydrogen-bond donors (Lipinski definition) is 1. The lowest BCUT2D eigenvalue weighted by Gasteiger charge is -2.03. The number of nitrogens with two attached hydrogens (primary N) is 1. The lowest BCUT2D eigenvalue weighted by atomic mass is 10.1. The van der Waals surface area contributed by atoms with Crippen LogP contribution in [0.2, 0.25) is 5.02 Å². The minimum absolute atomic E-state index is 0.597. The van der Waals surface area contributed by atoms with Crippen molar-refractivity contribution in [1.29, 1.82) is 0 Å². The van der Waals surface area contributed by atoms with Crippen LogP contribution in [0.5, 0.6) is 0 Å². The van der Waals surface area contributed by atoms with Crippen molar-refractivity contribution in [3.8, 4) is 0 Å². The summed E-state index contributed by atoms with van der Waals surface area (Å²) < 4.78 is 0. The molecule has 0 amide bonds. The van der Waals surface area contributed by atoms with Gasteiger partial charge in [-0.2, -0.15) is 0 Å². The second-order valence-electron chi connectivity index (χ2n) is 3.52. The van der Waals surface area contributed by atoms with Crippen molar-refractivity contribution < 1.29 is 0 Å². The molecule has 2 aromatic rings. The van der Waals surface area contributed by atoms with E-state index in [0.29, 0.717) is 10.7 Å². The Kier molecular flexibility index (Phi) is 3.37. The molecule has 0 aliphatic carbocycles. The third-order valence-corrected chi connectivity index (χ3v) is 2.66. The summed E-state index contributed by atoms with van der Waals surface area (Å²) in [5.41, 5.74) is 7.49. The van der Waals surface area contributed by atoms with E-state index in [1.54, 1.807) is 12.4 Å². The average molecular weight is 234 g/mol. The first-order chi connectivity index (χ1) is 7.75. The van der Waals surface area contributed by atoms with Crippen LogP contribution in [0, 0.1) is 0 Å². The largest absolute Gasteiger partial charge is 0.398 e. The Morgan fingerprint density at radius 1 is 1.12 bits per heavy atom. The van der Waals surface area contributed by atoms with Crippen molar-refractivity contribution in [3.05, 3.63) is 53.1 Å². The van der Waals surface area contributed by atoms with Gasteiger partial charge < -0.3 is 5.73 Å². The van der Waals surface area contributed by atoms with Crippen LogP contribution in [0.1, 0.15) is 11.4 Å². The standard InChI is InChI=1S/C12H12ClN3/c13-10-4-2-9(8-11(10)14)3-5-12-15-6-1-7-16-12/h1-2,4,6-8H,3,5,14H2. The van der Waals surface area contributed by atoms with Gasteiger partial charge in [0.25, 0.3) is 0 Å². The van der Waals surface area contributed by atoms with Crippen molar-refractivity contribution in [1.82, 2.24) is 9.97 Å². The number of nitrogens with zero attached hydrogens (tertiary/aromatic N) is 2. The van der Waals surface area contributed by atoms with Crippen LogP contribution in [0.25, 0.3) is 0 Å². The van der Waals surface area contributed by atoms with Crippen molar-refractivity contribution in [2.75, 3.05) is 5.73 Å². The molecule has 1 heterocycles. The molecule has 4 heteroatoms. The van der Waals surface area contributed by atoms with E-state index in [0.717, 1.165) is 24.2 Å². The number of benzene rings is 1. The van der Waals surface area contributed by atoms with Crippen LogP contribution in [0.3, 0.4) is 0 Å². The Bertz CT molecular complexity index is 471. The maximum Gasteiger partial charge on any atom is 0.128 e. The van der Waals surface area contributed by atoms with Crippen LogP contribution in [0.4, 0.5) is 5.69 Å². The first-order valence-corrected chi connectivity index (χ1v) is 5.43. The fourth-order valence-corrected chi connectivity index (χ4v) is 1.58. The first-order valence-electron chi connectivity index (χ1n) is 5.05. The van der Waals surface area contributed by atoms with Crippen LogP contribution in [-0.2, 0) is 12.8 Å². The molecule has 0 atom stereocenters. The van der Waals surface area contributed by atoms with Crippen LogP contribution in [-0.4, -0.2) is 9.97 Å². The second-order valence-corrected chi connectivity index (χ2v) is 3.93. The zero-order valence-electron chi connectivity index (χ0n) is 8.73. The molecule has 1 aromatic heterocycles. The lowest BCUT2D eigenvalue weighted by Crippen LogP contribution is -1.97. The molecular weight excluding hydrogens is 222 g/mol. The Labute approximate surface area is 99.3 Å². The molecular formula is C12H12ClN3. The van der Waals surface area contributed by atoms with Gasteiger partial charge in [-0.1, -0.05) is 17.7 Å². The monoisotopic (exact) mass is 233 g/mol. The van der Waals surface area contributed by atoms with Gasteiger partial charge in [0.2, 0.25) is 0 Å². The van der Waals surface area contributed by atoms with Gasteiger partial charge in [0.15, 0.2) is 0 Å². The van der Waals surface area contributed by atoms with Gasteiger partial charge in [0.1, 0.15) is 5.82 Å². The van der Waals surface area contributed by atoms with E-state index < -0.39 is 0 Å². The van der Waals surface area contributed by atoms with E-state index in [-0.39, 0.29) is 0 Å². The van der Waals surface area contributed by atoms with E-state index in [4.69, 9.17) is 17.3 Å². The Morgan fingerprint density at radius 2 is 1.88 bits per heavy atom. The fraction of sp³-hybridized carbons (Fsp3) is 0.167. The van der Waals surface area contributed by atoms with Gasteiger partial charge in [-0.05, 0) is 30.2 Å². The minimum Gasteiger partial charge on any atom is -0.398 e. The van der Waals surface area contributed by atoms with Gasteiger partial charge in [-0.3, -0.25) is 0 Å². The number of hydrogen-bond acceptors (Lipinski definition) is 3. The Morgan fingerprint density at radius 3 is 2.56 bits per heavy atom. The summed E-state index contributed by atoms with van der Waals surface area (Å²) in [5, 5.41) is 0.597. The number of halogens is 1. The highest BCUT2D eigenvalue weighted by Crippen LogP contribution is 2.20. The Hall–Kier alpha value is -1.61. The molecule has 0 spiro atoms. The predicted octanol–water partition coefficient (Wildman–Crippen LogP) is 2.50. The molecule has 2 rings (SSSR count). The SMILES string of the molecule is Nc1cc(CCc2ncccn2)ccc1Cl. The summed E-state index contributed by atoms with van der Waals surface area (Å²) in [5.74, 6) is 0.844. The summed E-state index contributed by atoms with van der Waals surface area (Å²) in [6, 6.07) is 7.49.